The highest BCUT2D eigenvalue weighted by atomic mass is 19.1. The van der Waals surface area contributed by atoms with E-state index >= 15 is 0 Å². The highest BCUT2D eigenvalue weighted by Crippen LogP contribution is 2.28. The molecule has 0 radical (unpaired) electrons. The zero-order valence-corrected chi connectivity index (χ0v) is 7.71. The second-order valence-electron chi connectivity index (χ2n) is 3.66. The summed E-state index contributed by atoms with van der Waals surface area (Å²) in [7, 11) is 0. The Labute approximate surface area is 77.5 Å². The van der Waals surface area contributed by atoms with E-state index in [1.807, 2.05) is 0 Å². The van der Waals surface area contributed by atoms with Crippen LogP contribution in [0.5, 0.6) is 0 Å². The minimum absolute atomic E-state index is 0.0206. The quantitative estimate of drug-likeness (QED) is 0.662. The molecule has 0 saturated carbocycles. The molecular formula is C9H16FNO2. The largest absolute Gasteiger partial charge is 0.396 e. The van der Waals surface area contributed by atoms with Crippen LogP contribution in [0.25, 0.3) is 0 Å². The van der Waals surface area contributed by atoms with Crippen molar-refractivity contribution in [3.05, 3.63) is 0 Å². The molecule has 1 saturated heterocycles. The molecule has 0 aromatic carbocycles. The smallest absolute Gasteiger partial charge is 0.209 e. The third-order valence-corrected chi connectivity index (χ3v) is 2.49. The van der Waals surface area contributed by atoms with Gasteiger partial charge in [0.25, 0.3) is 0 Å². The number of alkyl halides is 1. The minimum Gasteiger partial charge on any atom is -0.396 e. The summed E-state index contributed by atoms with van der Waals surface area (Å²) < 4.78 is 13.9. The van der Waals surface area contributed by atoms with Gasteiger partial charge < -0.3 is 10.0 Å². The summed E-state index contributed by atoms with van der Waals surface area (Å²) in [6.07, 6.45) is 2.77. The molecule has 0 aromatic rings. The Balaban J connectivity index is 2.42. The molecule has 1 unspecified atom stereocenters. The van der Waals surface area contributed by atoms with E-state index in [4.69, 9.17) is 5.11 Å². The monoisotopic (exact) mass is 189 g/mol. The van der Waals surface area contributed by atoms with Crippen LogP contribution in [0.4, 0.5) is 4.39 Å². The number of halogens is 1. The van der Waals surface area contributed by atoms with Gasteiger partial charge in [-0.25, -0.2) is 4.39 Å². The van der Waals surface area contributed by atoms with Gasteiger partial charge >= 0.3 is 0 Å². The average molecular weight is 189 g/mol. The van der Waals surface area contributed by atoms with Crippen LogP contribution in [0.3, 0.4) is 0 Å². The summed E-state index contributed by atoms with van der Waals surface area (Å²) in [6, 6.07) is 0. The predicted molar refractivity (Wildman–Crippen MR) is 47.0 cm³/mol. The van der Waals surface area contributed by atoms with Crippen molar-refractivity contribution in [2.45, 2.75) is 31.4 Å². The van der Waals surface area contributed by atoms with Gasteiger partial charge in [-0.15, -0.1) is 0 Å². The highest BCUT2D eigenvalue weighted by Gasteiger charge is 2.34. The molecule has 3 nitrogen and oxygen atoms in total. The van der Waals surface area contributed by atoms with Crippen molar-refractivity contribution in [3.8, 4) is 0 Å². The second-order valence-corrected chi connectivity index (χ2v) is 3.66. The average Bonchev–Trinajstić information content (AvgIpc) is 2.15. The van der Waals surface area contributed by atoms with E-state index in [1.54, 1.807) is 0 Å². The Kier molecular flexibility index (Phi) is 3.66. The Bertz CT molecular complexity index is 177. The molecule has 1 fully saturated rings. The summed E-state index contributed by atoms with van der Waals surface area (Å²) in [5.74, 6) is 0. The third-order valence-electron chi connectivity index (χ3n) is 2.49. The number of amides is 1. The van der Waals surface area contributed by atoms with Crippen molar-refractivity contribution in [1.29, 1.82) is 0 Å². The molecule has 76 valence electrons. The lowest BCUT2D eigenvalue weighted by Crippen LogP contribution is -2.44. The first-order valence-electron chi connectivity index (χ1n) is 4.69. The van der Waals surface area contributed by atoms with Gasteiger partial charge in [0, 0.05) is 13.2 Å². The van der Waals surface area contributed by atoms with Gasteiger partial charge in [0.2, 0.25) is 6.41 Å². The normalized spacial score (nSPS) is 28.9. The van der Waals surface area contributed by atoms with E-state index in [1.165, 1.54) is 4.90 Å². The second kappa shape index (κ2) is 4.56. The lowest BCUT2D eigenvalue weighted by atomic mass is 9.90. The van der Waals surface area contributed by atoms with Gasteiger partial charge in [-0.3, -0.25) is 4.79 Å². The van der Waals surface area contributed by atoms with E-state index in [-0.39, 0.29) is 13.2 Å². The van der Waals surface area contributed by atoms with Gasteiger partial charge in [-0.2, -0.15) is 0 Å². The van der Waals surface area contributed by atoms with Crippen LogP contribution >= 0.6 is 0 Å². The number of piperidine rings is 1. The lowest BCUT2D eigenvalue weighted by Gasteiger charge is -2.35. The lowest BCUT2D eigenvalue weighted by molar-refractivity contribution is -0.122. The number of hydrogen-bond acceptors (Lipinski definition) is 2. The number of carbonyl (C=O) groups excluding carboxylic acids is 1. The van der Waals surface area contributed by atoms with Gasteiger partial charge in [0.15, 0.2) is 0 Å². The number of likely N-dealkylation sites (tertiary alicyclic amines) is 1. The third kappa shape index (κ3) is 2.95. The molecule has 0 aliphatic carbocycles. The molecule has 1 aliphatic rings. The number of hydrogen-bond donors (Lipinski definition) is 1. The predicted octanol–water partition coefficient (Wildman–Crippen LogP) is 0.719. The Hall–Kier alpha value is -0.640. The number of carbonyl (C=O) groups is 1. The maximum absolute atomic E-state index is 13.9. The maximum atomic E-state index is 13.9. The molecule has 0 bridgehead atoms. The summed E-state index contributed by atoms with van der Waals surface area (Å²) >= 11 is 0. The molecule has 1 rings (SSSR count). The molecule has 4 heteroatoms. The van der Waals surface area contributed by atoms with Crippen LogP contribution < -0.4 is 0 Å². The van der Waals surface area contributed by atoms with E-state index < -0.39 is 5.67 Å². The first kappa shape index (κ1) is 10.4. The molecule has 1 atom stereocenters. The van der Waals surface area contributed by atoms with Gasteiger partial charge in [-0.1, -0.05) is 0 Å². The van der Waals surface area contributed by atoms with E-state index in [2.05, 4.69) is 0 Å². The van der Waals surface area contributed by atoms with E-state index in [0.717, 1.165) is 6.42 Å². The Morgan fingerprint density at radius 1 is 1.62 bits per heavy atom. The Morgan fingerprint density at radius 3 is 3.00 bits per heavy atom. The Morgan fingerprint density at radius 2 is 2.38 bits per heavy atom. The van der Waals surface area contributed by atoms with Crippen LogP contribution in [0, 0.1) is 0 Å². The van der Waals surface area contributed by atoms with Crippen LogP contribution in [0.15, 0.2) is 0 Å². The van der Waals surface area contributed by atoms with E-state index in [0.29, 0.717) is 32.2 Å². The van der Waals surface area contributed by atoms with Crippen molar-refractivity contribution in [1.82, 2.24) is 4.90 Å². The van der Waals surface area contributed by atoms with Gasteiger partial charge in [-0.05, 0) is 25.7 Å². The van der Waals surface area contributed by atoms with Crippen molar-refractivity contribution in [2.75, 3.05) is 19.7 Å². The number of aliphatic hydroxyl groups excluding tert-OH is 1. The highest BCUT2D eigenvalue weighted by molar-refractivity contribution is 5.47. The molecule has 0 aromatic heterocycles. The van der Waals surface area contributed by atoms with Crippen LogP contribution in [-0.4, -0.2) is 41.8 Å². The molecule has 13 heavy (non-hydrogen) atoms. The van der Waals surface area contributed by atoms with Crippen molar-refractivity contribution >= 4 is 6.41 Å². The molecule has 1 amide bonds. The molecule has 0 spiro atoms. The van der Waals surface area contributed by atoms with Crippen LogP contribution in [0.1, 0.15) is 25.7 Å². The van der Waals surface area contributed by atoms with Crippen LogP contribution in [-0.2, 0) is 4.79 Å². The number of nitrogens with zero attached hydrogens (tertiary/aromatic N) is 1. The first-order chi connectivity index (χ1) is 6.20. The summed E-state index contributed by atoms with van der Waals surface area (Å²) in [5, 5.41) is 8.58. The summed E-state index contributed by atoms with van der Waals surface area (Å²) in [5.41, 5.74) is -1.26. The first-order valence-corrected chi connectivity index (χ1v) is 4.69. The maximum Gasteiger partial charge on any atom is 0.209 e. The molecule has 1 heterocycles. The topological polar surface area (TPSA) is 40.5 Å². The molecule has 1 N–H and O–H groups in total. The van der Waals surface area contributed by atoms with Gasteiger partial charge in [0.05, 0.1) is 6.54 Å². The standard InChI is InChI=1S/C9H16FNO2/c10-9(4-2-6-12)3-1-5-11(7-9)8-13/h8,12H,1-7H2. The summed E-state index contributed by atoms with van der Waals surface area (Å²) in [6.45, 7) is 0.873. The van der Waals surface area contributed by atoms with Crippen molar-refractivity contribution < 1.29 is 14.3 Å². The summed E-state index contributed by atoms with van der Waals surface area (Å²) in [4.78, 5) is 11.9. The number of rotatable bonds is 4. The van der Waals surface area contributed by atoms with Crippen molar-refractivity contribution in [2.24, 2.45) is 0 Å². The number of aliphatic hydroxyl groups is 1. The molecule has 1 aliphatic heterocycles. The fraction of sp³-hybridized carbons (Fsp3) is 0.889. The fourth-order valence-electron chi connectivity index (χ4n) is 1.81. The zero-order chi connectivity index (χ0) is 9.73. The zero-order valence-electron chi connectivity index (χ0n) is 7.71. The molecular weight excluding hydrogens is 173 g/mol. The van der Waals surface area contributed by atoms with Gasteiger partial charge in [0.1, 0.15) is 5.67 Å². The van der Waals surface area contributed by atoms with Crippen molar-refractivity contribution in [3.63, 3.8) is 0 Å². The van der Waals surface area contributed by atoms with E-state index in [9.17, 15) is 9.18 Å². The fourth-order valence-corrected chi connectivity index (χ4v) is 1.81. The minimum atomic E-state index is -1.26. The SMILES string of the molecule is O=CN1CCCC(F)(CCCO)C1. The van der Waals surface area contributed by atoms with Crippen LogP contribution in [0.2, 0.25) is 0 Å².